The fraction of sp³-hybridized carbons (Fsp3) is 0.417. The smallest absolute Gasteiger partial charge is 0.326 e. The molecule has 0 radical (unpaired) electrons. The molecule has 2 heterocycles. The van der Waals surface area contributed by atoms with E-state index in [4.69, 9.17) is 5.11 Å². The first-order valence-electron chi connectivity index (χ1n) is 5.99. The number of hydrogen-bond acceptors (Lipinski definition) is 3. The second kappa shape index (κ2) is 6.01. The van der Waals surface area contributed by atoms with Crippen LogP contribution < -0.4 is 5.32 Å². The summed E-state index contributed by atoms with van der Waals surface area (Å²) in [6, 6.07) is 0.575. The van der Waals surface area contributed by atoms with Crippen LogP contribution in [0.2, 0.25) is 0 Å². The van der Waals surface area contributed by atoms with Crippen molar-refractivity contribution in [3.8, 4) is 0 Å². The molecule has 0 bridgehead atoms. The molecule has 1 fully saturated rings. The Morgan fingerprint density at radius 1 is 1.42 bits per heavy atom. The second-order valence-electron chi connectivity index (χ2n) is 4.37. The van der Waals surface area contributed by atoms with Crippen LogP contribution in [-0.2, 0) is 4.79 Å². The van der Waals surface area contributed by atoms with Gasteiger partial charge in [-0.15, -0.1) is 0 Å². The van der Waals surface area contributed by atoms with Gasteiger partial charge in [0.05, 0.1) is 11.9 Å². The summed E-state index contributed by atoms with van der Waals surface area (Å²) in [6.07, 6.45) is 5.28. The van der Waals surface area contributed by atoms with Gasteiger partial charge in [-0.2, -0.15) is 0 Å². The van der Waals surface area contributed by atoms with E-state index in [9.17, 15) is 9.59 Å². The SMILES string of the molecule is O=C(O)C1CCCCN1C(=O)Nc1cncc(Br)c1. The fourth-order valence-electron chi connectivity index (χ4n) is 2.11. The molecule has 7 heteroatoms. The number of hydrogen-bond donors (Lipinski definition) is 2. The van der Waals surface area contributed by atoms with Crippen LogP contribution in [0.1, 0.15) is 19.3 Å². The molecule has 1 aromatic rings. The zero-order chi connectivity index (χ0) is 13.8. The molecule has 1 atom stereocenters. The van der Waals surface area contributed by atoms with Crippen molar-refractivity contribution in [1.82, 2.24) is 9.88 Å². The molecule has 19 heavy (non-hydrogen) atoms. The number of carbonyl (C=O) groups excluding carboxylic acids is 1. The van der Waals surface area contributed by atoms with Gasteiger partial charge in [0.2, 0.25) is 0 Å². The summed E-state index contributed by atoms with van der Waals surface area (Å²) in [5.41, 5.74) is 0.536. The maximum Gasteiger partial charge on any atom is 0.326 e. The van der Waals surface area contributed by atoms with E-state index >= 15 is 0 Å². The fourth-order valence-corrected chi connectivity index (χ4v) is 2.47. The molecule has 0 aromatic carbocycles. The van der Waals surface area contributed by atoms with Crippen LogP contribution in [0.4, 0.5) is 10.5 Å². The lowest BCUT2D eigenvalue weighted by Crippen LogP contribution is -2.49. The number of halogens is 1. The number of pyridine rings is 1. The number of likely N-dealkylation sites (tertiary alicyclic amines) is 1. The number of amides is 2. The van der Waals surface area contributed by atoms with E-state index in [1.54, 1.807) is 12.3 Å². The number of nitrogens with one attached hydrogen (secondary N) is 1. The third-order valence-corrected chi connectivity index (χ3v) is 3.44. The number of carboxylic acids is 1. The predicted octanol–water partition coefficient (Wildman–Crippen LogP) is 2.32. The zero-order valence-electron chi connectivity index (χ0n) is 10.2. The second-order valence-corrected chi connectivity index (χ2v) is 5.28. The Bertz CT molecular complexity index is 495. The quantitative estimate of drug-likeness (QED) is 0.873. The Labute approximate surface area is 118 Å². The van der Waals surface area contributed by atoms with Gasteiger partial charge in [0.15, 0.2) is 0 Å². The minimum atomic E-state index is -0.956. The van der Waals surface area contributed by atoms with Gasteiger partial charge in [0.25, 0.3) is 0 Å². The first-order valence-corrected chi connectivity index (χ1v) is 6.78. The topological polar surface area (TPSA) is 82.5 Å². The van der Waals surface area contributed by atoms with Crippen molar-refractivity contribution >= 4 is 33.6 Å². The number of nitrogens with zero attached hydrogens (tertiary/aromatic N) is 2. The molecule has 1 aliphatic rings. The summed E-state index contributed by atoms with van der Waals surface area (Å²) in [5.74, 6) is -0.956. The average molecular weight is 328 g/mol. The Hall–Kier alpha value is -1.63. The summed E-state index contributed by atoms with van der Waals surface area (Å²) in [6.45, 7) is 0.463. The highest BCUT2D eigenvalue weighted by atomic mass is 79.9. The third kappa shape index (κ3) is 3.44. The molecular formula is C12H14BrN3O3. The van der Waals surface area contributed by atoms with Crippen molar-refractivity contribution in [3.63, 3.8) is 0 Å². The van der Waals surface area contributed by atoms with Gasteiger partial charge in [-0.1, -0.05) is 0 Å². The van der Waals surface area contributed by atoms with E-state index in [0.29, 0.717) is 18.7 Å². The summed E-state index contributed by atoms with van der Waals surface area (Å²) >= 11 is 3.26. The van der Waals surface area contributed by atoms with Crippen molar-refractivity contribution < 1.29 is 14.7 Å². The van der Waals surface area contributed by atoms with Crippen LogP contribution in [0.5, 0.6) is 0 Å². The number of aliphatic carboxylic acids is 1. The third-order valence-electron chi connectivity index (χ3n) is 3.00. The molecule has 2 N–H and O–H groups in total. The van der Waals surface area contributed by atoms with Crippen molar-refractivity contribution in [2.24, 2.45) is 0 Å². The summed E-state index contributed by atoms with van der Waals surface area (Å²) in [7, 11) is 0. The van der Waals surface area contributed by atoms with E-state index in [-0.39, 0.29) is 0 Å². The zero-order valence-corrected chi connectivity index (χ0v) is 11.8. The van der Waals surface area contributed by atoms with E-state index < -0.39 is 18.0 Å². The molecular weight excluding hydrogens is 314 g/mol. The van der Waals surface area contributed by atoms with Crippen molar-refractivity contribution in [1.29, 1.82) is 0 Å². The first-order chi connectivity index (χ1) is 9.08. The van der Waals surface area contributed by atoms with E-state index in [2.05, 4.69) is 26.2 Å². The highest BCUT2D eigenvalue weighted by molar-refractivity contribution is 9.10. The molecule has 2 amide bonds. The van der Waals surface area contributed by atoms with Gasteiger partial charge in [0.1, 0.15) is 6.04 Å². The number of rotatable bonds is 2. The van der Waals surface area contributed by atoms with Crippen molar-refractivity contribution in [3.05, 3.63) is 22.9 Å². The van der Waals surface area contributed by atoms with Crippen molar-refractivity contribution in [2.75, 3.05) is 11.9 Å². The molecule has 1 saturated heterocycles. The number of carbonyl (C=O) groups is 2. The number of piperidine rings is 1. The lowest BCUT2D eigenvalue weighted by atomic mass is 10.0. The Morgan fingerprint density at radius 3 is 2.89 bits per heavy atom. The van der Waals surface area contributed by atoms with Crippen molar-refractivity contribution in [2.45, 2.75) is 25.3 Å². The van der Waals surface area contributed by atoms with Crippen LogP contribution in [0.3, 0.4) is 0 Å². The van der Waals surface area contributed by atoms with Gasteiger partial charge in [-0.3, -0.25) is 4.98 Å². The lowest BCUT2D eigenvalue weighted by Gasteiger charge is -2.32. The van der Waals surface area contributed by atoms with Crippen LogP contribution in [0.15, 0.2) is 22.9 Å². The number of carboxylic acid groups (broad SMARTS) is 1. The first kappa shape index (κ1) is 13.8. The Morgan fingerprint density at radius 2 is 2.21 bits per heavy atom. The Balaban J connectivity index is 2.07. The predicted molar refractivity (Wildman–Crippen MR) is 72.9 cm³/mol. The molecule has 1 unspecified atom stereocenters. The summed E-state index contributed by atoms with van der Waals surface area (Å²) in [4.78, 5) is 28.5. The van der Waals surface area contributed by atoms with Gasteiger partial charge >= 0.3 is 12.0 Å². The highest BCUT2D eigenvalue weighted by Gasteiger charge is 2.31. The minimum Gasteiger partial charge on any atom is -0.480 e. The van der Waals surface area contributed by atoms with Crippen LogP contribution >= 0.6 is 15.9 Å². The lowest BCUT2D eigenvalue weighted by molar-refractivity contribution is -0.143. The van der Waals surface area contributed by atoms with Gasteiger partial charge < -0.3 is 15.3 Å². The number of anilines is 1. The van der Waals surface area contributed by atoms with E-state index in [1.165, 1.54) is 11.1 Å². The Kier molecular flexibility index (Phi) is 4.36. The maximum absolute atomic E-state index is 12.1. The summed E-state index contributed by atoms with van der Waals surface area (Å²) < 4.78 is 0.749. The molecule has 0 saturated carbocycles. The molecule has 1 aromatic heterocycles. The average Bonchev–Trinajstić information content (AvgIpc) is 2.38. The normalized spacial score (nSPS) is 19.0. The van der Waals surface area contributed by atoms with Gasteiger partial charge in [-0.25, -0.2) is 9.59 Å². The molecule has 0 spiro atoms. The molecule has 1 aliphatic heterocycles. The van der Waals surface area contributed by atoms with E-state index in [1.807, 2.05) is 0 Å². The number of urea groups is 1. The summed E-state index contributed by atoms with van der Waals surface area (Å²) in [5, 5.41) is 11.8. The molecule has 6 nitrogen and oxygen atoms in total. The van der Waals surface area contributed by atoms with Gasteiger partial charge in [-0.05, 0) is 41.3 Å². The number of aromatic nitrogens is 1. The monoisotopic (exact) mass is 327 g/mol. The highest BCUT2D eigenvalue weighted by Crippen LogP contribution is 2.19. The maximum atomic E-state index is 12.1. The molecule has 102 valence electrons. The molecule has 0 aliphatic carbocycles. The largest absolute Gasteiger partial charge is 0.480 e. The van der Waals surface area contributed by atoms with E-state index in [0.717, 1.165) is 17.3 Å². The van der Waals surface area contributed by atoms with Gasteiger partial charge in [0, 0.05) is 17.2 Å². The van der Waals surface area contributed by atoms with Crippen LogP contribution in [-0.4, -0.2) is 39.6 Å². The van der Waals surface area contributed by atoms with Crippen LogP contribution in [0, 0.1) is 0 Å². The standard InChI is InChI=1S/C12H14BrN3O3/c13-8-5-9(7-14-6-8)15-12(19)16-4-2-1-3-10(16)11(17)18/h5-7,10H,1-4H2,(H,15,19)(H,17,18). The van der Waals surface area contributed by atoms with Crippen LogP contribution in [0.25, 0.3) is 0 Å². The minimum absolute atomic E-state index is 0.396. The molecule has 2 rings (SSSR count).